The second-order valence-corrected chi connectivity index (χ2v) is 6.13. The molecule has 1 heterocycles. The summed E-state index contributed by atoms with van der Waals surface area (Å²) in [5.41, 5.74) is 6.14. The van der Waals surface area contributed by atoms with E-state index in [2.05, 4.69) is 10.3 Å². The fourth-order valence-electron chi connectivity index (χ4n) is 1.58. The number of nitrogen functional groups attached to an aromatic ring is 1. The first-order valence-electron chi connectivity index (χ1n) is 5.02. The Morgan fingerprint density at radius 1 is 1.44 bits per heavy atom. The first-order valence-corrected chi connectivity index (χ1v) is 7.05. The molecule has 6 nitrogen and oxygen atoms in total. The summed E-state index contributed by atoms with van der Waals surface area (Å²) in [6.07, 6.45) is 1.53. The number of rotatable bonds is 3. The lowest BCUT2D eigenvalue weighted by molar-refractivity contribution is 0.595. The van der Waals surface area contributed by atoms with Crippen molar-refractivity contribution in [1.29, 1.82) is 0 Å². The number of sulfone groups is 1. The summed E-state index contributed by atoms with van der Waals surface area (Å²) in [5, 5.41) is 7.52. The van der Waals surface area contributed by atoms with Crippen LogP contribution in [0.2, 0.25) is 5.02 Å². The summed E-state index contributed by atoms with van der Waals surface area (Å²) < 4.78 is 25.9. The number of hydrogen-bond acceptors (Lipinski definition) is 5. The zero-order chi connectivity index (χ0) is 13.3. The molecule has 2 aromatic rings. The molecule has 0 atom stereocenters. The zero-order valence-corrected chi connectivity index (χ0v) is 11.1. The van der Waals surface area contributed by atoms with Gasteiger partial charge in [-0.2, -0.15) is 0 Å². The lowest BCUT2D eigenvalue weighted by Crippen LogP contribution is -2.09. The van der Waals surface area contributed by atoms with Crippen LogP contribution in [0.5, 0.6) is 0 Å². The predicted molar refractivity (Wildman–Crippen MR) is 67.8 cm³/mol. The first-order chi connectivity index (χ1) is 8.40. The minimum atomic E-state index is -3.63. The Balaban J connectivity index is 2.43. The van der Waals surface area contributed by atoms with Crippen LogP contribution in [0.4, 0.5) is 5.69 Å². The number of nitrogens with two attached hydrogens (primary N) is 1. The number of benzene rings is 1. The van der Waals surface area contributed by atoms with Crippen LogP contribution in [0.25, 0.3) is 0 Å². The van der Waals surface area contributed by atoms with Crippen molar-refractivity contribution in [3.63, 3.8) is 0 Å². The molecule has 0 saturated carbocycles. The number of halogens is 1. The Labute approximate surface area is 109 Å². The Morgan fingerprint density at radius 2 is 2.17 bits per heavy atom. The molecule has 0 amide bonds. The molecular formula is C10H11ClN4O2S. The van der Waals surface area contributed by atoms with Crippen molar-refractivity contribution in [3.05, 3.63) is 35.1 Å². The summed E-state index contributed by atoms with van der Waals surface area (Å²) in [5.74, 6) is -0.283. The van der Waals surface area contributed by atoms with Gasteiger partial charge < -0.3 is 5.73 Å². The smallest absolute Gasteiger partial charge is 0.187 e. The van der Waals surface area contributed by atoms with Crippen molar-refractivity contribution in [2.24, 2.45) is 7.05 Å². The van der Waals surface area contributed by atoms with Crippen LogP contribution in [0.3, 0.4) is 0 Å². The van der Waals surface area contributed by atoms with Crippen LogP contribution in [-0.4, -0.2) is 23.4 Å². The van der Waals surface area contributed by atoms with Crippen molar-refractivity contribution < 1.29 is 8.42 Å². The highest BCUT2D eigenvalue weighted by Crippen LogP contribution is 2.29. The maximum atomic E-state index is 12.2. The van der Waals surface area contributed by atoms with Crippen molar-refractivity contribution in [2.75, 3.05) is 5.73 Å². The van der Waals surface area contributed by atoms with Gasteiger partial charge in [-0.25, -0.2) is 8.42 Å². The normalized spacial score (nSPS) is 11.7. The molecule has 0 aliphatic heterocycles. The topological polar surface area (TPSA) is 90.9 Å². The summed E-state index contributed by atoms with van der Waals surface area (Å²) in [6, 6.07) is 4.58. The van der Waals surface area contributed by atoms with E-state index in [1.807, 2.05) is 0 Å². The Morgan fingerprint density at radius 3 is 2.72 bits per heavy atom. The van der Waals surface area contributed by atoms with Gasteiger partial charge in [0, 0.05) is 13.2 Å². The second kappa shape index (κ2) is 4.58. The van der Waals surface area contributed by atoms with Crippen LogP contribution in [0.15, 0.2) is 29.3 Å². The van der Waals surface area contributed by atoms with Gasteiger partial charge >= 0.3 is 0 Å². The third-order valence-electron chi connectivity index (χ3n) is 2.30. The summed E-state index contributed by atoms with van der Waals surface area (Å²) >= 11 is 5.89. The predicted octanol–water partition coefficient (Wildman–Crippen LogP) is 1.02. The number of anilines is 1. The molecule has 1 aromatic carbocycles. The van der Waals surface area contributed by atoms with Gasteiger partial charge in [0.15, 0.2) is 9.84 Å². The van der Waals surface area contributed by atoms with Crippen LogP contribution >= 0.6 is 11.6 Å². The Hall–Kier alpha value is -1.60. The van der Waals surface area contributed by atoms with Gasteiger partial charge in [0.1, 0.15) is 10.6 Å². The highest BCUT2D eigenvalue weighted by Gasteiger charge is 2.22. The minimum absolute atomic E-state index is 0.0580. The Kier molecular flexibility index (Phi) is 3.27. The van der Waals surface area contributed by atoms with E-state index in [9.17, 15) is 8.42 Å². The molecule has 0 radical (unpaired) electrons. The second-order valence-electron chi connectivity index (χ2n) is 3.80. The van der Waals surface area contributed by atoms with Crippen LogP contribution in [0.1, 0.15) is 5.69 Å². The fraction of sp³-hybridized carbons (Fsp3) is 0.200. The number of aromatic nitrogens is 3. The van der Waals surface area contributed by atoms with Crippen LogP contribution in [-0.2, 0) is 22.6 Å². The van der Waals surface area contributed by atoms with Crippen LogP contribution < -0.4 is 5.73 Å². The SMILES string of the molecule is Cn1cc(CS(=O)(=O)c2c(N)cccc2Cl)nn1. The molecule has 96 valence electrons. The van der Waals surface area contributed by atoms with E-state index in [1.165, 1.54) is 23.0 Å². The summed E-state index contributed by atoms with van der Waals surface area (Å²) in [7, 11) is -1.97. The van der Waals surface area contributed by atoms with Gasteiger partial charge in [0.25, 0.3) is 0 Å². The molecule has 0 aliphatic carbocycles. The number of nitrogens with zero attached hydrogens (tertiary/aromatic N) is 3. The number of aryl methyl sites for hydroxylation is 1. The van der Waals surface area contributed by atoms with Gasteiger partial charge in [-0.15, -0.1) is 5.10 Å². The third-order valence-corrected chi connectivity index (χ3v) is 4.48. The summed E-state index contributed by atoms with van der Waals surface area (Å²) in [4.78, 5) is -0.0580. The molecule has 0 aliphatic rings. The van der Waals surface area contributed by atoms with Gasteiger partial charge in [0.05, 0.1) is 16.4 Å². The monoisotopic (exact) mass is 286 g/mol. The zero-order valence-electron chi connectivity index (χ0n) is 9.54. The van der Waals surface area contributed by atoms with E-state index in [4.69, 9.17) is 17.3 Å². The molecule has 0 bridgehead atoms. The highest BCUT2D eigenvalue weighted by molar-refractivity contribution is 7.91. The fourth-order valence-corrected chi connectivity index (χ4v) is 3.57. The average Bonchev–Trinajstić information content (AvgIpc) is 2.62. The lowest BCUT2D eigenvalue weighted by Gasteiger charge is -2.07. The van der Waals surface area contributed by atoms with Crippen molar-refractivity contribution >= 4 is 27.1 Å². The molecule has 1 aromatic heterocycles. The van der Waals surface area contributed by atoms with E-state index in [1.54, 1.807) is 13.1 Å². The van der Waals surface area contributed by atoms with E-state index in [0.29, 0.717) is 5.69 Å². The molecular weight excluding hydrogens is 276 g/mol. The quantitative estimate of drug-likeness (QED) is 0.851. The standard InChI is InChI=1S/C10H11ClN4O2S/c1-15-5-7(13-14-15)6-18(16,17)10-8(11)3-2-4-9(10)12/h2-5H,6,12H2,1H3. The van der Waals surface area contributed by atoms with E-state index in [0.717, 1.165) is 0 Å². The molecule has 2 rings (SSSR count). The minimum Gasteiger partial charge on any atom is -0.398 e. The molecule has 0 saturated heterocycles. The lowest BCUT2D eigenvalue weighted by atomic mass is 10.3. The van der Waals surface area contributed by atoms with E-state index >= 15 is 0 Å². The summed E-state index contributed by atoms with van der Waals surface area (Å²) in [6.45, 7) is 0. The number of hydrogen-bond donors (Lipinski definition) is 1. The van der Waals surface area contributed by atoms with Gasteiger partial charge in [-0.05, 0) is 12.1 Å². The van der Waals surface area contributed by atoms with Crippen molar-refractivity contribution in [1.82, 2.24) is 15.0 Å². The molecule has 8 heteroatoms. The van der Waals surface area contributed by atoms with E-state index in [-0.39, 0.29) is 21.4 Å². The average molecular weight is 287 g/mol. The Bertz CT molecular complexity index is 661. The van der Waals surface area contributed by atoms with Gasteiger partial charge in [-0.1, -0.05) is 22.9 Å². The maximum Gasteiger partial charge on any atom is 0.187 e. The first kappa shape index (κ1) is 12.8. The van der Waals surface area contributed by atoms with Crippen molar-refractivity contribution in [2.45, 2.75) is 10.6 Å². The van der Waals surface area contributed by atoms with Crippen LogP contribution in [0, 0.1) is 0 Å². The molecule has 2 N–H and O–H groups in total. The largest absolute Gasteiger partial charge is 0.398 e. The maximum absolute atomic E-state index is 12.2. The third kappa shape index (κ3) is 2.46. The van der Waals surface area contributed by atoms with E-state index < -0.39 is 9.84 Å². The van der Waals surface area contributed by atoms with Gasteiger partial charge in [0.2, 0.25) is 0 Å². The highest BCUT2D eigenvalue weighted by atomic mass is 35.5. The van der Waals surface area contributed by atoms with Crippen molar-refractivity contribution in [3.8, 4) is 0 Å². The molecule has 0 spiro atoms. The van der Waals surface area contributed by atoms with Gasteiger partial charge in [-0.3, -0.25) is 4.68 Å². The molecule has 18 heavy (non-hydrogen) atoms. The molecule has 0 unspecified atom stereocenters. The molecule has 0 fully saturated rings.